The first-order chi connectivity index (χ1) is 15.7. The highest BCUT2D eigenvalue weighted by Gasteiger charge is 2.29. The summed E-state index contributed by atoms with van der Waals surface area (Å²) in [7, 11) is 0. The van der Waals surface area contributed by atoms with Gasteiger partial charge in [-0.25, -0.2) is 4.39 Å². The number of hydrogen-bond donors (Lipinski definition) is 1. The number of ether oxygens (including phenoxy) is 2. The van der Waals surface area contributed by atoms with Crippen LogP contribution in [0.15, 0.2) is 48.5 Å². The molecule has 5 rings (SSSR count). The molecule has 166 valence electrons. The molecular weight excluding hydrogens is 411 g/mol. The number of hydrogen-bond acceptors (Lipinski definition) is 7. The first-order valence-electron chi connectivity index (χ1n) is 10.9. The molecule has 32 heavy (non-hydrogen) atoms. The highest BCUT2D eigenvalue weighted by atomic mass is 19.1. The molecule has 8 heteroatoms. The average Bonchev–Trinajstić information content (AvgIpc) is 2.83. The third-order valence-electron chi connectivity index (χ3n) is 5.95. The molecule has 3 heterocycles. The minimum Gasteiger partial charge on any atom is -0.460 e. The van der Waals surface area contributed by atoms with Crippen LogP contribution in [0.2, 0.25) is 0 Å². The van der Waals surface area contributed by atoms with Crippen molar-refractivity contribution in [2.24, 2.45) is 0 Å². The molecule has 1 fully saturated rings. The molecule has 0 aliphatic carbocycles. The Morgan fingerprint density at radius 2 is 1.84 bits per heavy atom. The third-order valence-corrected chi connectivity index (χ3v) is 5.95. The topological polar surface area (TPSA) is 80.6 Å². The molecule has 0 spiro atoms. The molecule has 1 unspecified atom stereocenters. The van der Waals surface area contributed by atoms with Gasteiger partial charge in [-0.05, 0) is 29.7 Å². The number of aromatic nitrogens is 3. The van der Waals surface area contributed by atoms with Crippen LogP contribution >= 0.6 is 0 Å². The van der Waals surface area contributed by atoms with Crippen molar-refractivity contribution in [1.29, 1.82) is 0 Å². The molecule has 2 aliphatic heterocycles. The maximum absolute atomic E-state index is 13.9. The highest BCUT2D eigenvalue weighted by molar-refractivity contribution is 5.57. The second-order valence-corrected chi connectivity index (χ2v) is 8.12. The summed E-state index contributed by atoms with van der Waals surface area (Å²) < 4.78 is 25.4. The molecule has 1 N–H and O–H groups in total. The summed E-state index contributed by atoms with van der Waals surface area (Å²) in [5.41, 5.74) is 2.92. The van der Waals surface area contributed by atoms with E-state index < -0.39 is 0 Å². The molecule has 1 atom stereocenters. The number of aliphatic hydroxyl groups excluding tert-OH is 1. The summed E-state index contributed by atoms with van der Waals surface area (Å²) in [6.07, 6.45) is 2.15. The van der Waals surface area contributed by atoms with Gasteiger partial charge < -0.3 is 19.5 Å². The van der Waals surface area contributed by atoms with Crippen molar-refractivity contribution in [3.8, 4) is 17.4 Å². The first-order valence-corrected chi connectivity index (χ1v) is 10.9. The fraction of sp³-hybridized carbons (Fsp3) is 0.375. The first kappa shape index (κ1) is 20.8. The fourth-order valence-electron chi connectivity index (χ4n) is 4.21. The van der Waals surface area contributed by atoms with Crippen molar-refractivity contribution in [3.63, 3.8) is 0 Å². The van der Waals surface area contributed by atoms with Crippen molar-refractivity contribution in [3.05, 3.63) is 65.5 Å². The minimum absolute atomic E-state index is 0.0362. The lowest BCUT2D eigenvalue weighted by Gasteiger charge is -2.36. The fourth-order valence-corrected chi connectivity index (χ4v) is 4.21. The monoisotopic (exact) mass is 436 g/mol. The number of halogens is 1. The Labute approximate surface area is 185 Å². The largest absolute Gasteiger partial charge is 0.460 e. The van der Waals surface area contributed by atoms with Gasteiger partial charge in [0.05, 0.1) is 25.9 Å². The second-order valence-electron chi connectivity index (χ2n) is 8.12. The molecule has 0 amide bonds. The van der Waals surface area contributed by atoms with Crippen LogP contribution < -0.4 is 9.64 Å². The molecule has 1 saturated heterocycles. The van der Waals surface area contributed by atoms with E-state index in [1.165, 1.54) is 17.7 Å². The van der Waals surface area contributed by atoms with Gasteiger partial charge in [-0.1, -0.05) is 36.4 Å². The zero-order valence-electron chi connectivity index (χ0n) is 17.7. The predicted octanol–water partition coefficient (Wildman–Crippen LogP) is 3.16. The van der Waals surface area contributed by atoms with Gasteiger partial charge in [0, 0.05) is 24.9 Å². The van der Waals surface area contributed by atoms with Crippen LogP contribution in [0.1, 0.15) is 24.0 Å². The molecule has 0 bridgehead atoms. The Bertz CT molecular complexity index is 1090. The van der Waals surface area contributed by atoms with Crippen molar-refractivity contribution in [2.75, 3.05) is 24.7 Å². The summed E-state index contributed by atoms with van der Waals surface area (Å²) in [6.45, 7) is 1.79. The van der Waals surface area contributed by atoms with E-state index in [9.17, 15) is 9.50 Å². The zero-order chi connectivity index (χ0) is 21.9. The summed E-state index contributed by atoms with van der Waals surface area (Å²) in [4.78, 5) is 15.7. The van der Waals surface area contributed by atoms with Gasteiger partial charge in [0.2, 0.25) is 5.95 Å². The van der Waals surface area contributed by atoms with E-state index in [0.717, 1.165) is 18.4 Å². The lowest BCUT2D eigenvalue weighted by Crippen LogP contribution is -2.44. The summed E-state index contributed by atoms with van der Waals surface area (Å²) in [5.74, 6) is 0.387. The standard InChI is InChI=1S/C24H25FN4O3/c25-19-7-3-6-17(12-19)22-26-23(28-24(27-22)32-21-8-10-31-11-9-21)29-14-18-5-2-1-4-16(18)13-20(29)15-30/h1-7,12,20-21,30H,8-11,13-15H2. The van der Waals surface area contributed by atoms with E-state index in [0.29, 0.717) is 43.5 Å². The van der Waals surface area contributed by atoms with E-state index in [1.54, 1.807) is 12.1 Å². The quantitative estimate of drug-likeness (QED) is 0.658. The Hall–Kier alpha value is -3.10. The number of aliphatic hydroxyl groups is 1. The predicted molar refractivity (Wildman–Crippen MR) is 117 cm³/mol. The molecule has 0 radical (unpaired) electrons. The molecule has 7 nitrogen and oxygen atoms in total. The molecule has 0 saturated carbocycles. The number of nitrogens with zero attached hydrogens (tertiary/aromatic N) is 4. The molecule has 2 aromatic carbocycles. The molecule has 3 aromatic rings. The van der Waals surface area contributed by atoms with Gasteiger partial charge in [-0.3, -0.25) is 0 Å². The SMILES string of the molecule is OCC1Cc2ccccc2CN1c1nc(OC2CCOCC2)nc(-c2cccc(F)c2)n1. The lowest BCUT2D eigenvalue weighted by molar-refractivity contribution is 0.0217. The normalized spacial score (nSPS) is 18.9. The van der Waals surface area contributed by atoms with Crippen LogP contribution in [0.5, 0.6) is 6.01 Å². The Kier molecular flexibility index (Phi) is 5.96. The van der Waals surface area contributed by atoms with Gasteiger partial charge in [-0.15, -0.1) is 0 Å². The highest BCUT2D eigenvalue weighted by Crippen LogP contribution is 2.29. The van der Waals surface area contributed by atoms with Crippen molar-refractivity contribution < 1.29 is 19.0 Å². The number of anilines is 1. The molecule has 2 aliphatic rings. The Morgan fingerprint density at radius 1 is 1.03 bits per heavy atom. The minimum atomic E-state index is -0.364. The van der Waals surface area contributed by atoms with Gasteiger partial charge in [-0.2, -0.15) is 15.0 Å². The van der Waals surface area contributed by atoms with Crippen molar-refractivity contribution in [1.82, 2.24) is 15.0 Å². The van der Waals surface area contributed by atoms with E-state index in [2.05, 4.69) is 27.1 Å². The van der Waals surface area contributed by atoms with E-state index >= 15 is 0 Å². The lowest BCUT2D eigenvalue weighted by atomic mass is 9.94. The van der Waals surface area contributed by atoms with E-state index in [1.807, 2.05) is 17.0 Å². The van der Waals surface area contributed by atoms with Crippen LogP contribution in [0.25, 0.3) is 11.4 Å². The van der Waals surface area contributed by atoms with Gasteiger partial charge in [0.1, 0.15) is 11.9 Å². The number of fused-ring (bicyclic) bond motifs is 1. The molecule has 1 aromatic heterocycles. The zero-order valence-corrected chi connectivity index (χ0v) is 17.7. The van der Waals surface area contributed by atoms with Gasteiger partial charge >= 0.3 is 6.01 Å². The number of benzene rings is 2. The average molecular weight is 436 g/mol. The Balaban J connectivity index is 1.54. The molecular formula is C24H25FN4O3. The van der Waals surface area contributed by atoms with Crippen LogP contribution in [0, 0.1) is 5.82 Å². The van der Waals surface area contributed by atoms with E-state index in [4.69, 9.17) is 9.47 Å². The smallest absolute Gasteiger partial charge is 0.322 e. The van der Waals surface area contributed by atoms with Crippen molar-refractivity contribution in [2.45, 2.75) is 38.0 Å². The summed E-state index contributed by atoms with van der Waals surface area (Å²) in [6, 6.07) is 14.4. The number of rotatable bonds is 5. The summed E-state index contributed by atoms with van der Waals surface area (Å²) in [5, 5.41) is 10.1. The van der Waals surface area contributed by atoms with Crippen LogP contribution in [-0.4, -0.2) is 52.0 Å². The maximum atomic E-state index is 13.9. The second kappa shape index (κ2) is 9.18. The van der Waals surface area contributed by atoms with Crippen LogP contribution in [-0.2, 0) is 17.7 Å². The van der Waals surface area contributed by atoms with Gasteiger partial charge in [0.15, 0.2) is 5.82 Å². The Morgan fingerprint density at radius 3 is 2.62 bits per heavy atom. The summed E-state index contributed by atoms with van der Waals surface area (Å²) >= 11 is 0. The van der Waals surface area contributed by atoms with Gasteiger partial charge in [0.25, 0.3) is 0 Å². The van der Waals surface area contributed by atoms with E-state index in [-0.39, 0.29) is 30.6 Å². The van der Waals surface area contributed by atoms with Crippen LogP contribution in [0.3, 0.4) is 0 Å². The third kappa shape index (κ3) is 4.42. The van der Waals surface area contributed by atoms with Crippen molar-refractivity contribution >= 4 is 5.95 Å². The maximum Gasteiger partial charge on any atom is 0.322 e. The van der Waals surface area contributed by atoms with Crippen LogP contribution in [0.4, 0.5) is 10.3 Å².